The summed E-state index contributed by atoms with van der Waals surface area (Å²) in [5.41, 5.74) is 0. The van der Waals surface area contributed by atoms with Crippen molar-refractivity contribution in [2.24, 2.45) is 5.92 Å². The van der Waals surface area contributed by atoms with Gasteiger partial charge in [-0.15, -0.1) is 9.24 Å². The predicted molar refractivity (Wildman–Crippen MR) is 39.0 cm³/mol. The highest BCUT2D eigenvalue weighted by Crippen LogP contribution is 2.00. The van der Waals surface area contributed by atoms with Crippen LogP contribution in [0, 0.1) is 5.92 Å². The zero-order valence-corrected chi connectivity index (χ0v) is 6.63. The molecule has 0 fully saturated rings. The van der Waals surface area contributed by atoms with Crippen LogP contribution in [0.5, 0.6) is 0 Å². The van der Waals surface area contributed by atoms with Crippen molar-refractivity contribution in [1.82, 2.24) is 0 Å². The minimum Gasteiger partial charge on any atom is -0.299 e. The molecule has 0 radical (unpaired) electrons. The number of hydrogen-bond acceptors (Lipinski definition) is 1. The predicted octanol–water partition coefficient (Wildman–Crippen LogP) is 1.48. The summed E-state index contributed by atoms with van der Waals surface area (Å²) in [6.45, 7) is 4.11. The van der Waals surface area contributed by atoms with E-state index in [0.717, 1.165) is 6.42 Å². The Hall–Kier alpha value is 0.100. The second-order valence-corrected chi connectivity index (χ2v) is 2.75. The second kappa shape index (κ2) is 4.03. The Bertz CT molecular complexity index is 78.6. The van der Waals surface area contributed by atoms with Gasteiger partial charge in [0.1, 0.15) is 5.78 Å². The van der Waals surface area contributed by atoms with Crippen molar-refractivity contribution >= 4 is 15.0 Å². The highest BCUT2D eigenvalue weighted by Gasteiger charge is 1.99. The van der Waals surface area contributed by atoms with Gasteiger partial charge in [0.15, 0.2) is 0 Å². The molecule has 0 saturated carbocycles. The van der Waals surface area contributed by atoms with Crippen molar-refractivity contribution in [1.29, 1.82) is 0 Å². The van der Waals surface area contributed by atoms with E-state index < -0.39 is 0 Å². The molecule has 1 nitrogen and oxygen atoms in total. The highest BCUT2D eigenvalue weighted by atomic mass is 31.0. The van der Waals surface area contributed by atoms with Crippen LogP contribution in [0.4, 0.5) is 0 Å². The number of rotatable bonds is 3. The molecule has 0 aliphatic rings. The molecule has 0 aromatic carbocycles. The van der Waals surface area contributed by atoms with Crippen LogP contribution in [0.15, 0.2) is 0 Å². The van der Waals surface area contributed by atoms with Gasteiger partial charge in [-0.3, -0.25) is 4.79 Å². The number of carbonyl (C=O) groups is 1. The third-order valence-electron chi connectivity index (χ3n) is 0.864. The third kappa shape index (κ3) is 4.26. The molecule has 0 saturated heterocycles. The van der Waals surface area contributed by atoms with Gasteiger partial charge in [-0.2, -0.15) is 0 Å². The van der Waals surface area contributed by atoms with Gasteiger partial charge >= 0.3 is 0 Å². The largest absolute Gasteiger partial charge is 0.299 e. The van der Waals surface area contributed by atoms with E-state index >= 15 is 0 Å². The fourth-order valence-corrected chi connectivity index (χ4v) is 0.705. The van der Waals surface area contributed by atoms with Crippen molar-refractivity contribution in [3.05, 3.63) is 0 Å². The second-order valence-electron chi connectivity index (χ2n) is 2.34. The van der Waals surface area contributed by atoms with Crippen molar-refractivity contribution in [3.63, 3.8) is 0 Å². The Morgan fingerprint density at radius 2 is 2.12 bits per heavy atom. The number of Topliss-reactive ketones (excluding diaryl/α,β-unsaturated/α-hetero) is 1. The molecule has 48 valence electrons. The van der Waals surface area contributed by atoms with E-state index in [1.54, 1.807) is 0 Å². The molecule has 0 amide bonds. The van der Waals surface area contributed by atoms with E-state index in [9.17, 15) is 4.79 Å². The van der Waals surface area contributed by atoms with Crippen molar-refractivity contribution < 1.29 is 4.79 Å². The summed E-state index contributed by atoms with van der Waals surface area (Å²) in [7, 11) is 2.43. The molecule has 0 aromatic rings. The monoisotopic (exact) mass is 132 g/mol. The summed E-state index contributed by atoms with van der Waals surface area (Å²) in [6.07, 6.45) is 1.34. The normalized spacial score (nSPS) is 10.0. The van der Waals surface area contributed by atoms with Crippen LogP contribution in [-0.4, -0.2) is 11.9 Å². The van der Waals surface area contributed by atoms with Crippen LogP contribution in [0.2, 0.25) is 0 Å². The van der Waals surface area contributed by atoms with Crippen LogP contribution in [-0.2, 0) is 4.79 Å². The Balaban J connectivity index is 3.25. The first kappa shape index (κ1) is 8.10. The molecule has 0 aromatic heterocycles. The summed E-state index contributed by atoms with van der Waals surface area (Å²) in [5.74, 6) is 0.855. The summed E-state index contributed by atoms with van der Waals surface area (Å²) >= 11 is 0. The minimum atomic E-state index is 0.338. The molecule has 0 aliphatic heterocycles. The number of carbonyl (C=O) groups excluding carboxylic acids is 1. The van der Waals surface area contributed by atoms with Gasteiger partial charge in [0.2, 0.25) is 0 Å². The van der Waals surface area contributed by atoms with E-state index in [-0.39, 0.29) is 0 Å². The summed E-state index contributed by atoms with van der Waals surface area (Å²) in [5, 5.41) is 0. The quantitative estimate of drug-likeness (QED) is 0.531. The lowest BCUT2D eigenvalue weighted by Crippen LogP contribution is -2.02. The Morgan fingerprint density at radius 1 is 1.62 bits per heavy atom. The highest BCUT2D eigenvalue weighted by molar-refractivity contribution is 7.18. The van der Waals surface area contributed by atoms with Gasteiger partial charge in [0.05, 0.1) is 0 Å². The Morgan fingerprint density at radius 3 is 2.25 bits per heavy atom. The van der Waals surface area contributed by atoms with Crippen LogP contribution in [0.25, 0.3) is 0 Å². The lowest BCUT2D eigenvalue weighted by atomic mass is 10.1. The van der Waals surface area contributed by atoms with Crippen molar-refractivity contribution in [3.8, 4) is 0 Å². The first-order valence-corrected chi connectivity index (χ1v) is 3.70. The van der Waals surface area contributed by atoms with Crippen molar-refractivity contribution in [2.75, 3.05) is 6.16 Å². The molecule has 0 heterocycles. The lowest BCUT2D eigenvalue weighted by Gasteiger charge is -1.98. The first-order chi connectivity index (χ1) is 3.66. The molecule has 1 atom stereocenters. The Labute approximate surface area is 53.1 Å². The molecule has 0 rings (SSSR count). The van der Waals surface area contributed by atoms with E-state index in [2.05, 4.69) is 23.1 Å². The maximum Gasteiger partial charge on any atom is 0.136 e. The maximum absolute atomic E-state index is 10.6. The molecular formula is C6H13OP. The van der Waals surface area contributed by atoms with Gasteiger partial charge in [0.25, 0.3) is 0 Å². The maximum atomic E-state index is 10.6. The number of hydrogen-bond donors (Lipinski definition) is 0. The smallest absolute Gasteiger partial charge is 0.136 e. The zero-order chi connectivity index (χ0) is 6.57. The molecule has 0 spiro atoms. The average Bonchev–Trinajstić information content (AvgIpc) is 1.65. The van der Waals surface area contributed by atoms with Gasteiger partial charge < -0.3 is 0 Å². The lowest BCUT2D eigenvalue weighted by molar-refractivity contribution is -0.117. The van der Waals surface area contributed by atoms with Gasteiger partial charge in [-0.25, -0.2) is 0 Å². The molecule has 0 aliphatic carbocycles. The van der Waals surface area contributed by atoms with Crippen molar-refractivity contribution in [2.45, 2.75) is 20.3 Å². The fraction of sp³-hybridized carbons (Fsp3) is 0.833. The standard InChI is InChI=1S/C6H13OP/c1-5(2)3-6(7)4-8/h5H,3-4,8H2,1-2H3. The topological polar surface area (TPSA) is 17.1 Å². The van der Waals surface area contributed by atoms with E-state index in [4.69, 9.17) is 0 Å². The van der Waals surface area contributed by atoms with Gasteiger partial charge in [-0.1, -0.05) is 13.8 Å². The molecular weight excluding hydrogens is 119 g/mol. The molecule has 0 bridgehead atoms. The van der Waals surface area contributed by atoms with Gasteiger partial charge in [0, 0.05) is 12.6 Å². The van der Waals surface area contributed by atoms with E-state index in [1.807, 2.05) is 0 Å². The molecule has 8 heavy (non-hydrogen) atoms. The van der Waals surface area contributed by atoms with Crippen LogP contribution in [0.1, 0.15) is 20.3 Å². The summed E-state index contributed by atoms with van der Waals surface area (Å²) in [6, 6.07) is 0. The van der Waals surface area contributed by atoms with E-state index in [1.165, 1.54) is 0 Å². The number of ketones is 1. The average molecular weight is 132 g/mol. The summed E-state index contributed by atoms with van der Waals surface area (Å²) in [4.78, 5) is 10.6. The molecule has 2 heteroatoms. The Kier molecular flexibility index (Phi) is 4.08. The summed E-state index contributed by atoms with van der Waals surface area (Å²) < 4.78 is 0. The van der Waals surface area contributed by atoms with Crippen LogP contribution >= 0.6 is 9.24 Å². The van der Waals surface area contributed by atoms with Gasteiger partial charge in [-0.05, 0) is 5.92 Å². The first-order valence-electron chi connectivity index (χ1n) is 2.88. The fourth-order valence-electron chi connectivity index (χ4n) is 0.539. The molecule has 1 unspecified atom stereocenters. The van der Waals surface area contributed by atoms with Crippen LogP contribution in [0.3, 0.4) is 0 Å². The zero-order valence-electron chi connectivity index (χ0n) is 5.48. The third-order valence-corrected chi connectivity index (χ3v) is 1.32. The minimum absolute atomic E-state index is 0.338. The molecule has 0 N–H and O–H groups in total. The SMILES string of the molecule is CC(C)CC(=O)CP. The van der Waals surface area contributed by atoms with E-state index in [0.29, 0.717) is 17.9 Å². The van der Waals surface area contributed by atoms with Crippen LogP contribution < -0.4 is 0 Å².